The summed E-state index contributed by atoms with van der Waals surface area (Å²) in [6.07, 6.45) is 1.15. The maximum atomic E-state index is 13.1. The fourth-order valence-corrected chi connectivity index (χ4v) is 1.97. The number of nitrogens with one attached hydrogen (secondary N) is 1. The largest absolute Gasteiger partial charge is 0.382 e. The molecular formula is C13H17BrFNO2. The Bertz CT molecular complexity index is 392. The topological polar surface area (TPSA) is 38.3 Å². The van der Waals surface area contributed by atoms with E-state index < -0.39 is 0 Å². The van der Waals surface area contributed by atoms with Crippen LogP contribution in [0.3, 0.4) is 0 Å². The van der Waals surface area contributed by atoms with Crippen LogP contribution in [0.1, 0.15) is 25.3 Å². The number of rotatable bonds is 6. The van der Waals surface area contributed by atoms with Gasteiger partial charge in [0.25, 0.3) is 0 Å². The van der Waals surface area contributed by atoms with Gasteiger partial charge in [-0.1, -0.05) is 15.9 Å². The van der Waals surface area contributed by atoms with Crippen LogP contribution in [0, 0.1) is 5.82 Å². The van der Waals surface area contributed by atoms with E-state index in [1.54, 1.807) is 13.2 Å². The SMILES string of the molecule is COC(C)CCC(=O)NCc1cc(F)cc(Br)c1. The maximum absolute atomic E-state index is 13.1. The van der Waals surface area contributed by atoms with Gasteiger partial charge in [-0.2, -0.15) is 0 Å². The van der Waals surface area contributed by atoms with Crippen molar-refractivity contribution >= 4 is 21.8 Å². The van der Waals surface area contributed by atoms with Crippen LogP contribution in [0.15, 0.2) is 22.7 Å². The molecule has 1 atom stereocenters. The van der Waals surface area contributed by atoms with Crippen molar-refractivity contribution in [3.63, 3.8) is 0 Å². The fourth-order valence-electron chi connectivity index (χ4n) is 1.45. The number of carbonyl (C=O) groups is 1. The van der Waals surface area contributed by atoms with E-state index in [1.165, 1.54) is 12.1 Å². The molecule has 1 aromatic carbocycles. The van der Waals surface area contributed by atoms with Gasteiger partial charge in [-0.25, -0.2) is 4.39 Å². The monoisotopic (exact) mass is 317 g/mol. The minimum absolute atomic E-state index is 0.0562. The number of hydrogen-bond acceptors (Lipinski definition) is 2. The zero-order valence-electron chi connectivity index (χ0n) is 10.5. The van der Waals surface area contributed by atoms with E-state index in [-0.39, 0.29) is 17.8 Å². The molecule has 18 heavy (non-hydrogen) atoms. The first-order chi connectivity index (χ1) is 8.51. The first kappa shape index (κ1) is 15.1. The number of halogens is 2. The standard InChI is InChI=1S/C13H17BrFNO2/c1-9(18-2)3-4-13(17)16-8-10-5-11(14)7-12(15)6-10/h5-7,9H,3-4,8H2,1-2H3,(H,16,17). The molecule has 0 aliphatic heterocycles. The first-order valence-corrected chi connectivity index (χ1v) is 6.55. The third kappa shape index (κ3) is 5.60. The Balaban J connectivity index is 2.38. The molecule has 3 nitrogen and oxygen atoms in total. The van der Waals surface area contributed by atoms with Crippen molar-refractivity contribution in [2.45, 2.75) is 32.4 Å². The zero-order valence-corrected chi connectivity index (χ0v) is 12.1. The van der Waals surface area contributed by atoms with Gasteiger partial charge in [0.05, 0.1) is 6.10 Å². The fraction of sp³-hybridized carbons (Fsp3) is 0.462. The summed E-state index contributed by atoms with van der Waals surface area (Å²) in [4.78, 5) is 11.5. The molecule has 1 aromatic rings. The van der Waals surface area contributed by atoms with Crippen LogP contribution < -0.4 is 5.32 Å². The van der Waals surface area contributed by atoms with Crippen molar-refractivity contribution in [3.8, 4) is 0 Å². The van der Waals surface area contributed by atoms with Gasteiger partial charge in [0.15, 0.2) is 0 Å². The third-order valence-electron chi connectivity index (χ3n) is 2.59. The molecule has 1 amide bonds. The quantitative estimate of drug-likeness (QED) is 0.875. The molecule has 0 radical (unpaired) electrons. The smallest absolute Gasteiger partial charge is 0.220 e. The highest BCUT2D eigenvalue weighted by atomic mass is 79.9. The van der Waals surface area contributed by atoms with Crippen LogP contribution in [-0.2, 0) is 16.1 Å². The third-order valence-corrected chi connectivity index (χ3v) is 3.05. The van der Waals surface area contributed by atoms with Gasteiger partial charge in [0.2, 0.25) is 5.91 Å². The normalized spacial score (nSPS) is 12.2. The molecular weight excluding hydrogens is 301 g/mol. The molecule has 0 saturated carbocycles. The second kappa shape index (κ2) is 7.48. The van der Waals surface area contributed by atoms with Gasteiger partial charge in [0.1, 0.15) is 5.82 Å². The lowest BCUT2D eigenvalue weighted by molar-refractivity contribution is -0.121. The lowest BCUT2D eigenvalue weighted by Gasteiger charge is -2.09. The summed E-state index contributed by atoms with van der Waals surface area (Å²) in [7, 11) is 1.62. The lowest BCUT2D eigenvalue weighted by atomic mass is 10.2. The predicted molar refractivity (Wildman–Crippen MR) is 71.7 cm³/mol. The molecule has 0 heterocycles. The molecule has 1 N–H and O–H groups in total. The summed E-state index contributed by atoms with van der Waals surface area (Å²) in [6, 6.07) is 4.57. The van der Waals surface area contributed by atoms with E-state index in [2.05, 4.69) is 21.2 Å². The van der Waals surface area contributed by atoms with E-state index in [4.69, 9.17) is 4.74 Å². The Morgan fingerprint density at radius 1 is 1.50 bits per heavy atom. The Morgan fingerprint density at radius 3 is 2.83 bits per heavy atom. The summed E-state index contributed by atoms with van der Waals surface area (Å²) < 4.78 is 18.8. The minimum Gasteiger partial charge on any atom is -0.382 e. The van der Waals surface area contributed by atoms with Gasteiger partial charge in [-0.05, 0) is 37.1 Å². The van der Waals surface area contributed by atoms with Gasteiger partial charge in [0, 0.05) is 24.5 Å². The molecule has 0 saturated heterocycles. The van der Waals surface area contributed by atoms with E-state index in [0.29, 0.717) is 23.9 Å². The van der Waals surface area contributed by atoms with Crippen LogP contribution >= 0.6 is 15.9 Å². The summed E-state index contributed by atoms with van der Waals surface area (Å²) in [5.41, 5.74) is 0.731. The maximum Gasteiger partial charge on any atom is 0.220 e. The highest BCUT2D eigenvalue weighted by molar-refractivity contribution is 9.10. The Morgan fingerprint density at radius 2 is 2.22 bits per heavy atom. The molecule has 0 aliphatic carbocycles. The van der Waals surface area contributed by atoms with Crippen LogP contribution in [-0.4, -0.2) is 19.1 Å². The van der Waals surface area contributed by atoms with Gasteiger partial charge in [-0.15, -0.1) is 0 Å². The van der Waals surface area contributed by atoms with Crippen LogP contribution in [0.4, 0.5) is 4.39 Å². The number of carbonyl (C=O) groups excluding carboxylic acids is 1. The molecule has 0 spiro atoms. The predicted octanol–water partition coefficient (Wildman–Crippen LogP) is 3.02. The summed E-state index contributed by atoms with van der Waals surface area (Å²) >= 11 is 3.21. The van der Waals surface area contributed by atoms with Crippen LogP contribution in [0.5, 0.6) is 0 Å². The molecule has 0 fully saturated rings. The van der Waals surface area contributed by atoms with Gasteiger partial charge in [-0.3, -0.25) is 4.79 Å². The Hall–Kier alpha value is -0.940. The van der Waals surface area contributed by atoms with Crippen molar-refractivity contribution in [1.82, 2.24) is 5.32 Å². The number of ether oxygens (including phenoxy) is 1. The summed E-state index contributed by atoms with van der Waals surface area (Å²) in [5.74, 6) is -0.374. The van der Waals surface area contributed by atoms with Gasteiger partial charge >= 0.3 is 0 Å². The highest BCUT2D eigenvalue weighted by Crippen LogP contribution is 2.14. The van der Waals surface area contributed by atoms with Crippen LogP contribution in [0.2, 0.25) is 0 Å². The van der Waals surface area contributed by atoms with E-state index >= 15 is 0 Å². The lowest BCUT2D eigenvalue weighted by Crippen LogP contribution is -2.23. The first-order valence-electron chi connectivity index (χ1n) is 5.75. The molecule has 100 valence electrons. The Labute approximate surface area is 115 Å². The van der Waals surface area contributed by atoms with Crippen molar-refractivity contribution in [1.29, 1.82) is 0 Å². The van der Waals surface area contributed by atoms with Gasteiger partial charge < -0.3 is 10.1 Å². The minimum atomic E-state index is -0.318. The molecule has 5 heteroatoms. The summed E-state index contributed by atoms with van der Waals surface area (Å²) in [5, 5.41) is 2.75. The van der Waals surface area contributed by atoms with E-state index in [1.807, 2.05) is 6.92 Å². The second-order valence-electron chi connectivity index (χ2n) is 4.14. The number of hydrogen-bond donors (Lipinski definition) is 1. The molecule has 0 aromatic heterocycles. The average Bonchev–Trinajstić information content (AvgIpc) is 2.32. The number of amides is 1. The van der Waals surface area contributed by atoms with Crippen molar-refractivity contribution in [3.05, 3.63) is 34.1 Å². The van der Waals surface area contributed by atoms with E-state index in [0.717, 1.165) is 5.56 Å². The number of benzene rings is 1. The molecule has 0 bridgehead atoms. The molecule has 1 unspecified atom stereocenters. The molecule has 1 rings (SSSR count). The average molecular weight is 318 g/mol. The summed E-state index contributed by atoms with van der Waals surface area (Å²) in [6.45, 7) is 2.24. The second-order valence-corrected chi connectivity index (χ2v) is 5.06. The Kier molecular flexibility index (Phi) is 6.29. The zero-order chi connectivity index (χ0) is 13.5. The van der Waals surface area contributed by atoms with Crippen LogP contribution in [0.25, 0.3) is 0 Å². The van der Waals surface area contributed by atoms with Crippen molar-refractivity contribution in [2.24, 2.45) is 0 Å². The molecule has 0 aliphatic rings. The highest BCUT2D eigenvalue weighted by Gasteiger charge is 2.06. The van der Waals surface area contributed by atoms with Crippen molar-refractivity contribution < 1.29 is 13.9 Å². The van der Waals surface area contributed by atoms with Crippen molar-refractivity contribution in [2.75, 3.05) is 7.11 Å². The van der Waals surface area contributed by atoms with E-state index in [9.17, 15) is 9.18 Å². The number of methoxy groups -OCH3 is 1.